The number of rotatable bonds is 6. The lowest BCUT2D eigenvalue weighted by molar-refractivity contribution is 0.349. The summed E-state index contributed by atoms with van der Waals surface area (Å²) in [5.41, 5.74) is 6.88. The molecular formula is C13H16FN3OS. The Bertz CT molecular complexity index is 515. The first kappa shape index (κ1) is 14.0. The summed E-state index contributed by atoms with van der Waals surface area (Å²) in [5.74, 6) is 1.74. The SMILES string of the molecule is CSCC[C@@H](N)c1nc(Cc2ccc(F)cc2)no1. The molecule has 1 aromatic heterocycles. The molecule has 1 atom stereocenters. The minimum absolute atomic E-state index is 0.220. The molecule has 0 aliphatic heterocycles. The second-order valence-corrected chi connectivity index (χ2v) is 5.23. The lowest BCUT2D eigenvalue weighted by atomic mass is 10.1. The van der Waals surface area contributed by atoms with Gasteiger partial charge in [-0.1, -0.05) is 17.3 Å². The summed E-state index contributed by atoms with van der Waals surface area (Å²) in [4.78, 5) is 4.28. The number of nitrogens with zero attached hydrogens (tertiary/aromatic N) is 2. The van der Waals surface area contributed by atoms with Gasteiger partial charge in [-0.15, -0.1) is 0 Å². The van der Waals surface area contributed by atoms with Crippen molar-refractivity contribution in [3.8, 4) is 0 Å². The predicted octanol–water partition coefficient (Wildman–Crippen LogP) is 2.55. The van der Waals surface area contributed by atoms with E-state index in [0.29, 0.717) is 18.1 Å². The maximum atomic E-state index is 12.8. The van der Waals surface area contributed by atoms with Crippen molar-refractivity contribution in [3.63, 3.8) is 0 Å². The summed E-state index contributed by atoms with van der Waals surface area (Å²) in [6, 6.07) is 6.03. The third-order valence-electron chi connectivity index (χ3n) is 2.71. The van der Waals surface area contributed by atoms with Gasteiger partial charge in [-0.05, 0) is 36.1 Å². The first-order valence-electron chi connectivity index (χ1n) is 6.00. The molecule has 0 radical (unpaired) electrons. The summed E-state index contributed by atoms with van der Waals surface area (Å²) in [6.07, 6.45) is 3.35. The molecule has 1 heterocycles. The maximum Gasteiger partial charge on any atom is 0.243 e. The molecule has 0 saturated heterocycles. The number of thioether (sulfide) groups is 1. The Kier molecular flexibility index (Phi) is 4.93. The zero-order valence-electron chi connectivity index (χ0n) is 10.7. The van der Waals surface area contributed by atoms with Crippen LogP contribution in [-0.2, 0) is 6.42 Å². The van der Waals surface area contributed by atoms with E-state index >= 15 is 0 Å². The summed E-state index contributed by atoms with van der Waals surface area (Å²) in [5, 5.41) is 3.90. The number of hydrogen-bond donors (Lipinski definition) is 1. The Balaban J connectivity index is 1.98. The smallest absolute Gasteiger partial charge is 0.243 e. The minimum atomic E-state index is -0.253. The van der Waals surface area contributed by atoms with Crippen LogP contribution < -0.4 is 5.73 Å². The molecule has 1 aromatic carbocycles. The maximum absolute atomic E-state index is 12.8. The Morgan fingerprint density at radius 3 is 2.79 bits per heavy atom. The minimum Gasteiger partial charge on any atom is -0.338 e. The number of benzene rings is 1. The molecule has 0 amide bonds. The lowest BCUT2D eigenvalue weighted by Gasteiger charge is -2.03. The summed E-state index contributed by atoms with van der Waals surface area (Å²) in [6.45, 7) is 0. The van der Waals surface area contributed by atoms with Gasteiger partial charge in [-0.25, -0.2) is 4.39 Å². The van der Waals surface area contributed by atoms with E-state index in [0.717, 1.165) is 17.7 Å². The van der Waals surface area contributed by atoms with E-state index in [2.05, 4.69) is 10.1 Å². The topological polar surface area (TPSA) is 64.9 Å². The molecule has 0 unspecified atom stereocenters. The fourth-order valence-electron chi connectivity index (χ4n) is 1.64. The van der Waals surface area contributed by atoms with Crippen LogP contribution in [0.1, 0.15) is 29.7 Å². The molecule has 6 heteroatoms. The van der Waals surface area contributed by atoms with Crippen LogP contribution in [0.3, 0.4) is 0 Å². The van der Waals surface area contributed by atoms with Gasteiger partial charge in [0.05, 0.1) is 6.04 Å². The van der Waals surface area contributed by atoms with Crippen LogP contribution in [0, 0.1) is 5.82 Å². The van der Waals surface area contributed by atoms with Gasteiger partial charge in [0.15, 0.2) is 5.82 Å². The Labute approximate surface area is 115 Å². The number of nitrogens with two attached hydrogens (primary N) is 1. The van der Waals surface area contributed by atoms with Gasteiger partial charge in [0.2, 0.25) is 5.89 Å². The van der Waals surface area contributed by atoms with Gasteiger partial charge >= 0.3 is 0 Å². The van der Waals surface area contributed by atoms with Crippen molar-refractivity contribution in [1.29, 1.82) is 0 Å². The van der Waals surface area contributed by atoms with Gasteiger partial charge in [-0.2, -0.15) is 16.7 Å². The van der Waals surface area contributed by atoms with Crippen LogP contribution in [0.4, 0.5) is 4.39 Å². The highest BCUT2D eigenvalue weighted by molar-refractivity contribution is 7.98. The van der Waals surface area contributed by atoms with Crippen LogP contribution in [0.5, 0.6) is 0 Å². The van der Waals surface area contributed by atoms with E-state index in [1.807, 2.05) is 6.26 Å². The molecule has 0 bridgehead atoms. The molecule has 0 spiro atoms. The van der Waals surface area contributed by atoms with Crippen molar-refractivity contribution in [3.05, 3.63) is 47.4 Å². The fourth-order valence-corrected chi connectivity index (χ4v) is 2.13. The van der Waals surface area contributed by atoms with Gasteiger partial charge in [0.1, 0.15) is 5.82 Å². The molecule has 0 aliphatic carbocycles. The first-order chi connectivity index (χ1) is 9.19. The molecular weight excluding hydrogens is 265 g/mol. The average molecular weight is 281 g/mol. The number of halogens is 1. The van der Waals surface area contributed by atoms with Crippen molar-refractivity contribution < 1.29 is 8.91 Å². The Hall–Kier alpha value is -1.40. The van der Waals surface area contributed by atoms with Gasteiger partial charge < -0.3 is 10.3 Å². The third kappa shape index (κ3) is 4.04. The van der Waals surface area contributed by atoms with Gasteiger partial charge in [0.25, 0.3) is 0 Å². The summed E-state index contributed by atoms with van der Waals surface area (Å²) < 4.78 is 17.9. The first-order valence-corrected chi connectivity index (χ1v) is 7.40. The van der Waals surface area contributed by atoms with Crippen molar-refractivity contribution >= 4 is 11.8 Å². The second kappa shape index (κ2) is 6.68. The molecule has 102 valence electrons. The van der Waals surface area contributed by atoms with Crippen LogP contribution in [-0.4, -0.2) is 22.1 Å². The largest absolute Gasteiger partial charge is 0.338 e. The van der Waals surface area contributed by atoms with Gasteiger partial charge in [0, 0.05) is 6.42 Å². The standard InChI is InChI=1S/C13H16FN3OS/c1-19-7-6-11(15)13-16-12(17-18-13)8-9-2-4-10(14)5-3-9/h2-5,11H,6-8,15H2,1H3/t11-/m1/s1. The zero-order valence-corrected chi connectivity index (χ0v) is 11.5. The Morgan fingerprint density at radius 2 is 2.11 bits per heavy atom. The second-order valence-electron chi connectivity index (χ2n) is 4.24. The van der Waals surface area contributed by atoms with Crippen LogP contribution in [0.25, 0.3) is 0 Å². The summed E-state index contributed by atoms with van der Waals surface area (Å²) in [7, 11) is 0. The van der Waals surface area contributed by atoms with E-state index in [1.165, 1.54) is 12.1 Å². The average Bonchev–Trinajstić information content (AvgIpc) is 2.87. The quantitative estimate of drug-likeness (QED) is 0.881. The molecule has 0 aliphatic rings. The summed E-state index contributed by atoms with van der Waals surface area (Å²) >= 11 is 1.73. The van der Waals surface area contributed by atoms with E-state index in [1.54, 1.807) is 23.9 Å². The van der Waals surface area contributed by atoms with Crippen LogP contribution in [0.2, 0.25) is 0 Å². The molecule has 2 rings (SSSR count). The lowest BCUT2D eigenvalue weighted by Crippen LogP contribution is -2.11. The number of aromatic nitrogens is 2. The highest BCUT2D eigenvalue weighted by Gasteiger charge is 2.14. The molecule has 19 heavy (non-hydrogen) atoms. The third-order valence-corrected chi connectivity index (χ3v) is 3.35. The molecule has 4 nitrogen and oxygen atoms in total. The van der Waals surface area contributed by atoms with Crippen molar-refractivity contribution in [2.24, 2.45) is 5.73 Å². The Morgan fingerprint density at radius 1 is 1.37 bits per heavy atom. The van der Waals surface area contributed by atoms with Crippen molar-refractivity contribution in [2.45, 2.75) is 18.9 Å². The van der Waals surface area contributed by atoms with E-state index in [-0.39, 0.29) is 11.9 Å². The molecule has 0 fully saturated rings. The predicted molar refractivity (Wildman–Crippen MR) is 73.4 cm³/mol. The van der Waals surface area contributed by atoms with E-state index in [9.17, 15) is 4.39 Å². The zero-order chi connectivity index (χ0) is 13.7. The highest BCUT2D eigenvalue weighted by Crippen LogP contribution is 2.15. The van der Waals surface area contributed by atoms with E-state index < -0.39 is 0 Å². The normalized spacial score (nSPS) is 12.6. The molecule has 2 N–H and O–H groups in total. The van der Waals surface area contributed by atoms with Crippen molar-refractivity contribution in [2.75, 3.05) is 12.0 Å². The van der Waals surface area contributed by atoms with E-state index in [4.69, 9.17) is 10.3 Å². The van der Waals surface area contributed by atoms with Crippen LogP contribution in [0.15, 0.2) is 28.8 Å². The molecule has 0 saturated carbocycles. The van der Waals surface area contributed by atoms with Gasteiger partial charge in [-0.3, -0.25) is 0 Å². The molecule has 2 aromatic rings. The van der Waals surface area contributed by atoms with Crippen molar-refractivity contribution in [1.82, 2.24) is 10.1 Å². The highest BCUT2D eigenvalue weighted by atomic mass is 32.2. The van der Waals surface area contributed by atoms with Crippen LogP contribution >= 0.6 is 11.8 Å². The fraction of sp³-hybridized carbons (Fsp3) is 0.385. The monoisotopic (exact) mass is 281 g/mol. The number of hydrogen-bond acceptors (Lipinski definition) is 5.